The molecule has 0 bridgehead atoms. The maximum Gasteiger partial charge on any atom is 0.274 e. The molecule has 0 aliphatic carbocycles. The molecular weight excluding hydrogens is 517 g/mol. The van der Waals surface area contributed by atoms with E-state index in [1.54, 1.807) is 36.4 Å². The molecule has 8 heteroatoms. The van der Waals surface area contributed by atoms with Crippen LogP contribution >= 0.6 is 34.2 Å². The van der Waals surface area contributed by atoms with Gasteiger partial charge in [0.2, 0.25) is 0 Å². The molecule has 1 aromatic heterocycles. The summed E-state index contributed by atoms with van der Waals surface area (Å²) in [6, 6.07) is 13.2. The van der Waals surface area contributed by atoms with E-state index in [9.17, 15) is 9.59 Å². The van der Waals surface area contributed by atoms with E-state index in [2.05, 4.69) is 44.2 Å². The standard InChI is InChI=1S/C16H10ClIN3O2.Y/c17-10-6-4-9(5-7-10)8-19-16(23)14-15(22)11-2-1-3-12(18)13(11)20-21-14;/h2-7H,8H2,(H,19,23)(H,20,22);/q-1;. The van der Waals surface area contributed by atoms with Crippen LogP contribution in [0.5, 0.6) is 0 Å². The van der Waals surface area contributed by atoms with Crippen molar-refractivity contribution >= 4 is 51.0 Å². The molecule has 0 fully saturated rings. The van der Waals surface area contributed by atoms with Crippen molar-refractivity contribution < 1.29 is 37.5 Å². The minimum absolute atomic E-state index is 0. The van der Waals surface area contributed by atoms with Crippen molar-refractivity contribution in [2.24, 2.45) is 0 Å². The van der Waals surface area contributed by atoms with Crippen molar-refractivity contribution in [3.63, 3.8) is 0 Å². The van der Waals surface area contributed by atoms with E-state index in [1.807, 2.05) is 0 Å². The molecule has 0 aliphatic heterocycles. The summed E-state index contributed by atoms with van der Waals surface area (Å²) in [5.41, 5.74) is 0.899. The Bertz CT molecular complexity index is 944. The zero-order valence-corrected chi connectivity index (χ0v) is 18.0. The van der Waals surface area contributed by atoms with Gasteiger partial charge in [-0.15, -0.1) is 22.6 Å². The van der Waals surface area contributed by atoms with Crippen LogP contribution in [0.25, 0.3) is 10.9 Å². The van der Waals surface area contributed by atoms with Gasteiger partial charge in [-0.25, -0.2) is 0 Å². The number of halogens is 2. The van der Waals surface area contributed by atoms with Crippen LogP contribution < -0.4 is 10.7 Å². The van der Waals surface area contributed by atoms with Crippen LogP contribution in [-0.2, 0) is 39.3 Å². The molecule has 119 valence electrons. The fourth-order valence-electron chi connectivity index (χ4n) is 2.08. The number of nitrogens with zero attached hydrogens (tertiary/aromatic N) is 1. The maximum absolute atomic E-state index is 12.4. The van der Waals surface area contributed by atoms with Gasteiger partial charge in [0, 0.05) is 44.3 Å². The van der Waals surface area contributed by atoms with Gasteiger partial charge in [0.05, 0.1) is 0 Å². The van der Waals surface area contributed by atoms with E-state index in [0.29, 0.717) is 15.9 Å². The number of amides is 1. The van der Waals surface area contributed by atoms with Gasteiger partial charge in [-0.2, -0.15) is 23.3 Å². The van der Waals surface area contributed by atoms with Crippen LogP contribution in [0, 0.1) is 9.64 Å². The van der Waals surface area contributed by atoms with Crippen molar-refractivity contribution in [1.29, 1.82) is 0 Å². The van der Waals surface area contributed by atoms with Gasteiger partial charge in [0.1, 0.15) is 0 Å². The van der Waals surface area contributed by atoms with Crippen LogP contribution in [0.3, 0.4) is 0 Å². The molecule has 3 aromatic rings. The van der Waals surface area contributed by atoms with Crippen LogP contribution in [-0.4, -0.2) is 16.1 Å². The maximum atomic E-state index is 12.4. The summed E-state index contributed by atoms with van der Waals surface area (Å²) in [5.74, 6) is -0.526. The molecule has 24 heavy (non-hydrogen) atoms. The molecule has 1 amide bonds. The average Bonchev–Trinajstić information content (AvgIpc) is 2.55. The number of hydrogen-bond acceptors (Lipinski definition) is 3. The largest absolute Gasteiger partial charge is 0.346 e. The smallest absolute Gasteiger partial charge is 0.274 e. The molecule has 0 spiro atoms. The second kappa shape index (κ2) is 8.51. The quantitative estimate of drug-likeness (QED) is 0.407. The third kappa shape index (κ3) is 4.22. The van der Waals surface area contributed by atoms with Crippen molar-refractivity contribution in [3.8, 4) is 0 Å². The number of rotatable bonds is 3. The predicted molar refractivity (Wildman–Crippen MR) is 96.5 cm³/mol. The monoisotopic (exact) mass is 527 g/mol. The number of hydrogen-bond donors (Lipinski definition) is 2. The Kier molecular flexibility index (Phi) is 6.92. The third-order valence-electron chi connectivity index (χ3n) is 3.27. The molecule has 3 rings (SSSR count). The fraction of sp³-hybridized carbons (Fsp3) is 0.0625. The number of nitrogens with one attached hydrogen (secondary N) is 2. The summed E-state index contributed by atoms with van der Waals surface area (Å²) in [7, 11) is 0. The second-order valence-electron chi connectivity index (χ2n) is 4.80. The van der Waals surface area contributed by atoms with Crippen molar-refractivity contribution in [2.75, 3.05) is 0 Å². The molecule has 0 atom stereocenters. The molecule has 0 saturated carbocycles. The zero-order chi connectivity index (χ0) is 16.4. The fourth-order valence-corrected chi connectivity index (χ4v) is 2.79. The van der Waals surface area contributed by atoms with E-state index >= 15 is 0 Å². The van der Waals surface area contributed by atoms with Crippen molar-refractivity contribution in [3.05, 3.63) is 72.5 Å². The Hall–Kier alpha value is -0.826. The molecule has 0 aliphatic rings. The van der Waals surface area contributed by atoms with Gasteiger partial charge in [-0.05, 0) is 23.2 Å². The van der Waals surface area contributed by atoms with Crippen molar-refractivity contribution in [2.45, 2.75) is 6.54 Å². The Morgan fingerprint density at radius 3 is 2.71 bits per heavy atom. The second-order valence-corrected chi connectivity index (χ2v) is 6.40. The van der Waals surface area contributed by atoms with E-state index in [-0.39, 0.29) is 44.9 Å². The van der Waals surface area contributed by atoms with E-state index in [4.69, 9.17) is 11.6 Å². The number of carbonyl (C=O) groups excluding carboxylic acids is 1. The van der Waals surface area contributed by atoms with E-state index in [0.717, 1.165) is 9.13 Å². The molecule has 2 aromatic carbocycles. The minimum Gasteiger partial charge on any atom is -0.346 e. The summed E-state index contributed by atoms with van der Waals surface area (Å²) in [5, 5.41) is 10.4. The molecule has 5 nitrogen and oxygen atoms in total. The number of fused-ring (bicyclic) bond motifs is 1. The summed E-state index contributed by atoms with van der Waals surface area (Å²) in [6.07, 6.45) is 0. The zero-order valence-electron chi connectivity index (χ0n) is 12.3. The number of aromatic amines is 1. The minimum atomic E-state index is -0.526. The predicted octanol–water partition coefficient (Wildman–Crippen LogP) is 2.91. The van der Waals surface area contributed by atoms with E-state index in [1.165, 1.54) is 0 Å². The number of aromatic nitrogens is 2. The number of benzene rings is 2. The molecule has 1 heterocycles. The van der Waals surface area contributed by atoms with Gasteiger partial charge in [0.25, 0.3) is 5.91 Å². The Balaban J connectivity index is 0.00000208. The molecule has 2 N–H and O–H groups in total. The van der Waals surface area contributed by atoms with Crippen molar-refractivity contribution in [1.82, 2.24) is 15.5 Å². The van der Waals surface area contributed by atoms with Crippen LogP contribution in [0.2, 0.25) is 5.02 Å². The van der Waals surface area contributed by atoms with Crippen LogP contribution in [0.15, 0.2) is 41.2 Å². The normalized spacial score (nSPS) is 10.2. The molecular formula is C16H10ClIN3O2Y-. The first-order valence-electron chi connectivity index (χ1n) is 6.67. The van der Waals surface area contributed by atoms with Gasteiger partial charge >= 0.3 is 0 Å². The van der Waals surface area contributed by atoms with Gasteiger partial charge < -0.3 is 15.2 Å². The summed E-state index contributed by atoms with van der Waals surface area (Å²) >= 11 is 7.89. The summed E-state index contributed by atoms with van der Waals surface area (Å²) in [6.45, 7) is 0.285. The summed E-state index contributed by atoms with van der Waals surface area (Å²) in [4.78, 5) is 24.6. The van der Waals surface area contributed by atoms with Gasteiger partial charge in [-0.1, -0.05) is 32.7 Å². The number of carbonyl (C=O) groups is 1. The van der Waals surface area contributed by atoms with Crippen LogP contribution in [0.1, 0.15) is 16.1 Å². The average molecular weight is 528 g/mol. The first-order chi connectivity index (χ1) is 11.1. The Labute approximate surface area is 181 Å². The molecule has 1 radical (unpaired) electrons. The SMILES string of the molecule is O=C(NCc1ccc(Cl)cc1)c1n[nH]c2c(I)c[c-]cc2c1=O.[Y]. The molecule has 0 saturated heterocycles. The first kappa shape index (κ1) is 19.5. The molecule has 0 unspecified atom stereocenters. The Morgan fingerprint density at radius 1 is 1.29 bits per heavy atom. The van der Waals surface area contributed by atoms with E-state index < -0.39 is 11.3 Å². The third-order valence-corrected chi connectivity index (χ3v) is 4.37. The van der Waals surface area contributed by atoms with Gasteiger partial charge in [-0.3, -0.25) is 4.79 Å². The summed E-state index contributed by atoms with van der Waals surface area (Å²) < 4.78 is 0.817. The Morgan fingerprint density at radius 2 is 2.00 bits per heavy atom. The first-order valence-corrected chi connectivity index (χ1v) is 8.12. The van der Waals surface area contributed by atoms with Crippen LogP contribution in [0.4, 0.5) is 0 Å². The number of H-pyrrole nitrogens is 1. The topological polar surface area (TPSA) is 74.8 Å². The van der Waals surface area contributed by atoms with Gasteiger partial charge in [0.15, 0.2) is 11.1 Å².